The molecule has 0 aliphatic carbocycles. The van der Waals surface area contributed by atoms with Crippen molar-refractivity contribution in [2.24, 2.45) is 11.8 Å². The van der Waals surface area contributed by atoms with Crippen molar-refractivity contribution in [3.8, 4) is 11.4 Å². The number of rotatable bonds is 4. The lowest BCUT2D eigenvalue weighted by Gasteiger charge is -2.36. The third-order valence-electron chi connectivity index (χ3n) is 4.78. The van der Waals surface area contributed by atoms with Gasteiger partial charge in [0.1, 0.15) is 0 Å². The van der Waals surface area contributed by atoms with Crippen LogP contribution in [0.4, 0.5) is 0 Å². The Hall–Kier alpha value is -2.02. The van der Waals surface area contributed by atoms with Gasteiger partial charge < -0.3 is 10.7 Å². The van der Waals surface area contributed by atoms with Gasteiger partial charge in [-0.1, -0.05) is 55.4 Å². The topological polar surface area (TPSA) is 77.0 Å². The largest absolute Gasteiger partial charge is 0.341 e. The van der Waals surface area contributed by atoms with Crippen LogP contribution < -0.4 is 5.84 Å². The smallest absolute Gasteiger partial charge is 0.235 e. The van der Waals surface area contributed by atoms with Gasteiger partial charge in [0.2, 0.25) is 11.1 Å². The summed E-state index contributed by atoms with van der Waals surface area (Å²) >= 11 is 1.37. The van der Waals surface area contributed by atoms with Crippen molar-refractivity contribution in [3.63, 3.8) is 0 Å². The number of thioether (sulfide) groups is 1. The first-order valence-electron chi connectivity index (χ1n) is 9.08. The summed E-state index contributed by atoms with van der Waals surface area (Å²) < 4.78 is 1.47. The van der Waals surface area contributed by atoms with Gasteiger partial charge in [0.05, 0.1) is 5.25 Å². The number of benzene rings is 1. The van der Waals surface area contributed by atoms with Gasteiger partial charge in [-0.25, -0.2) is 4.68 Å². The van der Waals surface area contributed by atoms with Gasteiger partial charge in [0.25, 0.3) is 0 Å². The molecule has 1 aromatic heterocycles. The lowest BCUT2D eigenvalue weighted by Crippen LogP contribution is -2.45. The highest BCUT2D eigenvalue weighted by Crippen LogP contribution is 2.28. The summed E-state index contributed by atoms with van der Waals surface area (Å²) in [5, 5.41) is 8.71. The summed E-state index contributed by atoms with van der Waals surface area (Å²) in [6, 6.07) is 7.98. The van der Waals surface area contributed by atoms with Crippen molar-refractivity contribution in [1.29, 1.82) is 0 Å². The molecule has 140 valence electrons. The Morgan fingerprint density at radius 1 is 1.19 bits per heavy atom. The number of amides is 1. The molecule has 0 saturated carbocycles. The molecule has 2 heterocycles. The van der Waals surface area contributed by atoms with Crippen molar-refractivity contribution in [1.82, 2.24) is 19.8 Å². The lowest BCUT2D eigenvalue weighted by molar-refractivity contribution is -0.132. The highest BCUT2D eigenvalue weighted by Gasteiger charge is 2.29. The fraction of sp³-hybridized carbons (Fsp3) is 0.526. The molecule has 0 radical (unpaired) electrons. The molecule has 1 amide bonds. The number of aryl methyl sites for hydroxylation is 1. The SMILES string of the molecule is Cc1ccc(-c2nnc(SC(C)C(=O)N3CC(C)CC(C)C3)n2N)cc1. The van der Waals surface area contributed by atoms with Gasteiger partial charge in [0, 0.05) is 18.7 Å². The van der Waals surface area contributed by atoms with Crippen LogP contribution in [0, 0.1) is 18.8 Å². The molecule has 0 bridgehead atoms. The molecule has 2 aromatic rings. The predicted molar refractivity (Wildman–Crippen MR) is 105 cm³/mol. The zero-order valence-electron chi connectivity index (χ0n) is 15.8. The summed E-state index contributed by atoms with van der Waals surface area (Å²) in [6.45, 7) is 10.0. The van der Waals surface area contributed by atoms with Crippen LogP contribution in [0.1, 0.15) is 32.8 Å². The minimum Gasteiger partial charge on any atom is -0.341 e. The third kappa shape index (κ3) is 4.03. The molecule has 7 heteroatoms. The van der Waals surface area contributed by atoms with Gasteiger partial charge in [-0.2, -0.15) is 0 Å². The van der Waals surface area contributed by atoms with E-state index in [1.807, 2.05) is 43.0 Å². The minimum atomic E-state index is -0.245. The van der Waals surface area contributed by atoms with E-state index in [9.17, 15) is 4.79 Å². The van der Waals surface area contributed by atoms with Crippen LogP contribution in [-0.2, 0) is 4.79 Å². The van der Waals surface area contributed by atoms with Crippen LogP contribution in [0.5, 0.6) is 0 Å². The van der Waals surface area contributed by atoms with E-state index < -0.39 is 0 Å². The lowest BCUT2D eigenvalue weighted by atomic mass is 9.92. The standard InChI is InChI=1S/C19H27N5OS/c1-12-5-7-16(8-6-12)17-21-22-19(24(17)20)26-15(4)18(25)23-10-13(2)9-14(3)11-23/h5-8,13-15H,9-11,20H2,1-4H3. The van der Waals surface area contributed by atoms with E-state index in [0.717, 1.165) is 18.7 Å². The first kappa shape index (κ1) is 18.8. The second-order valence-corrected chi connectivity index (χ2v) is 8.80. The molecule has 1 aliphatic rings. The number of aromatic nitrogens is 3. The number of carbonyl (C=O) groups excluding carboxylic acids is 1. The van der Waals surface area contributed by atoms with E-state index >= 15 is 0 Å². The Labute approximate surface area is 159 Å². The van der Waals surface area contributed by atoms with Gasteiger partial charge in [-0.05, 0) is 32.1 Å². The molecule has 1 fully saturated rings. The zero-order valence-corrected chi connectivity index (χ0v) is 16.7. The molecule has 1 saturated heterocycles. The summed E-state index contributed by atoms with van der Waals surface area (Å²) in [6.07, 6.45) is 1.18. The van der Waals surface area contributed by atoms with E-state index in [0.29, 0.717) is 22.8 Å². The Kier molecular flexibility index (Phi) is 5.55. The molecular formula is C19H27N5OS. The van der Waals surface area contributed by atoms with Gasteiger partial charge >= 0.3 is 0 Å². The fourth-order valence-electron chi connectivity index (χ4n) is 3.57. The van der Waals surface area contributed by atoms with E-state index in [2.05, 4.69) is 24.0 Å². The first-order valence-corrected chi connectivity index (χ1v) is 9.96. The predicted octanol–water partition coefficient (Wildman–Crippen LogP) is 2.95. The van der Waals surface area contributed by atoms with Crippen LogP contribution in [-0.4, -0.2) is 44.0 Å². The maximum absolute atomic E-state index is 12.8. The number of carbonyl (C=O) groups is 1. The fourth-order valence-corrected chi connectivity index (χ4v) is 4.42. The van der Waals surface area contributed by atoms with Crippen LogP contribution >= 0.6 is 11.8 Å². The summed E-state index contributed by atoms with van der Waals surface area (Å²) in [7, 11) is 0. The second kappa shape index (κ2) is 7.70. The van der Waals surface area contributed by atoms with E-state index in [-0.39, 0.29) is 11.2 Å². The number of nitrogens with zero attached hydrogens (tertiary/aromatic N) is 4. The second-order valence-electron chi connectivity index (χ2n) is 7.49. The quantitative estimate of drug-likeness (QED) is 0.659. The van der Waals surface area contributed by atoms with E-state index in [1.54, 1.807) is 0 Å². The number of hydrogen-bond acceptors (Lipinski definition) is 5. The monoisotopic (exact) mass is 373 g/mol. The number of piperidine rings is 1. The maximum atomic E-state index is 12.8. The zero-order chi connectivity index (χ0) is 18.8. The highest BCUT2D eigenvalue weighted by molar-refractivity contribution is 8.00. The van der Waals surface area contributed by atoms with Crippen LogP contribution in [0.2, 0.25) is 0 Å². The van der Waals surface area contributed by atoms with Crippen LogP contribution in [0.25, 0.3) is 11.4 Å². The van der Waals surface area contributed by atoms with Crippen molar-refractivity contribution >= 4 is 17.7 Å². The minimum absolute atomic E-state index is 0.147. The third-order valence-corrected chi connectivity index (χ3v) is 5.83. The van der Waals surface area contributed by atoms with Crippen molar-refractivity contribution in [2.45, 2.75) is 44.5 Å². The molecule has 3 unspecified atom stereocenters. The number of nitrogen functional groups attached to an aromatic ring is 1. The Morgan fingerprint density at radius 3 is 2.42 bits per heavy atom. The average Bonchev–Trinajstić information content (AvgIpc) is 2.95. The first-order chi connectivity index (χ1) is 12.3. The average molecular weight is 374 g/mol. The molecule has 3 atom stereocenters. The Balaban J connectivity index is 1.70. The molecule has 1 aliphatic heterocycles. The molecular weight excluding hydrogens is 346 g/mol. The molecule has 1 aromatic carbocycles. The maximum Gasteiger partial charge on any atom is 0.235 e. The highest BCUT2D eigenvalue weighted by atomic mass is 32.2. The Morgan fingerprint density at radius 2 is 1.81 bits per heavy atom. The van der Waals surface area contributed by atoms with E-state index in [4.69, 9.17) is 5.84 Å². The number of likely N-dealkylation sites (tertiary alicyclic amines) is 1. The summed E-state index contributed by atoms with van der Waals surface area (Å²) in [4.78, 5) is 14.8. The molecule has 6 nitrogen and oxygen atoms in total. The number of hydrogen-bond donors (Lipinski definition) is 1. The van der Waals surface area contributed by atoms with Crippen molar-refractivity contribution in [3.05, 3.63) is 29.8 Å². The summed E-state index contributed by atoms with van der Waals surface area (Å²) in [5.74, 6) is 8.04. The molecule has 2 N–H and O–H groups in total. The van der Waals surface area contributed by atoms with Crippen LogP contribution in [0.15, 0.2) is 29.4 Å². The van der Waals surface area contributed by atoms with E-state index in [1.165, 1.54) is 28.4 Å². The summed E-state index contributed by atoms with van der Waals surface area (Å²) in [5.41, 5.74) is 2.09. The van der Waals surface area contributed by atoms with Gasteiger partial charge in [0.15, 0.2) is 5.82 Å². The van der Waals surface area contributed by atoms with Crippen molar-refractivity contribution in [2.75, 3.05) is 18.9 Å². The Bertz CT molecular complexity index is 763. The molecule has 26 heavy (non-hydrogen) atoms. The van der Waals surface area contributed by atoms with Gasteiger partial charge in [-0.15, -0.1) is 10.2 Å². The van der Waals surface area contributed by atoms with Crippen molar-refractivity contribution < 1.29 is 4.79 Å². The van der Waals surface area contributed by atoms with Gasteiger partial charge in [-0.3, -0.25) is 4.79 Å². The molecule has 3 rings (SSSR count). The molecule has 0 spiro atoms. The van der Waals surface area contributed by atoms with Crippen LogP contribution in [0.3, 0.4) is 0 Å². The number of nitrogens with two attached hydrogens (primary N) is 1. The normalized spacial score (nSPS) is 21.6.